The van der Waals surface area contributed by atoms with Crippen LogP contribution < -0.4 is 15.8 Å². The molecule has 1 unspecified atom stereocenters. The van der Waals surface area contributed by atoms with Gasteiger partial charge in [0.05, 0.1) is 13.2 Å². The third-order valence-corrected chi connectivity index (χ3v) is 4.17. The molecule has 0 bridgehead atoms. The summed E-state index contributed by atoms with van der Waals surface area (Å²) in [5, 5.41) is 2.84. The molecule has 0 aliphatic carbocycles. The number of benzene rings is 1. The van der Waals surface area contributed by atoms with Gasteiger partial charge >= 0.3 is 0 Å². The van der Waals surface area contributed by atoms with E-state index in [1.165, 1.54) is 7.11 Å². The highest BCUT2D eigenvalue weighted by molar-refractivity contribution is 5.96. The van der Waals surface area contributed by atoms with Gasteiger partial charge in [-0.2, -0.15) is 0 Å². The van der Waals surface area contributed by atoms with Gasteiger partial charge in [0.25, 0.3) is 0 Å². The molecule has 0 aliphatic rings. The molecule has 0 aliphatic heterocycles. The molecule has 1 amide bonds. The number of hydrogen-bond donors (Lipinski definition) is 2. The van der Waals surface area contributed by atoms with E-state index in [1.807, 2.05) is 55.5 Å². The first kappa shape index (κ1) is 18.5. The van der Waals surface area contributed by atoms with Crippen molar-refractivity contribution in [3.8, 4) is 17.0 Å². The Kier molecular flexibility index (Phi) is 5.78. The summed E-state index contributed by atoms with van der Waals surface area (Å²) >= 11 is 0. The number of rotatable bonds is 6. The molecule has 2 heterocycles. The van der Waals surface area contributed by atoms with E-state index in [4.69, 9.17) is 10.5 Å². The van der Waals surface area contributed by atoms with E-state index in [-0.39, 0.29) is 5.91 Å². The van der Waals surface area contributed by atoms with Crippen LogP contribution in [0.3, 0.4) is 0 Å². The number of methoxy groups -OCH3 is 1. The minimum absolute atomic E-state index is 0.290. The minimum Gasteiger partial charge on any atom is -0.480 e. The quantitative estimate of drug-likeness (QED) is 0.704. The van der Waals surface area contributed by atoms with Gasteiger partial charge in [0.2, 0.25) is 11.8 Å². The fourth-order valence-electron chi connectivity index (χ4n) is 2.77. The van der Waals surface area contributed by atoms with E-state index in [2.05, 4.69) is 15.3 Å². The molecule has 0 radical (unpaired) electrons. The third kappa shape index (κ3) is 4.68. The van der Waals surface area contributed by atoms with E-state index in [0.717, 1.165) is 22.4 Å². The molecule has 0 spiro atoms. The highest BCUT2D eigenvalue weighted by atomic mass is 16.5. The number of hydrogen-bond acceptors (Lipinski definition) is 5. The van der Waals surface area contributed by atoms with Crippen molar-refractivity contribution in [2.24, 2.45) is 5.73 Å². The molecule has 27 heavy (non-hydrogen) atoms. The number of ether oxygens (including phenoxy) is 1. The average Bonchev–Trinajstić information content (AvgIpc) is 2.68. The van der Waals surface area contributed by atoms with Crippen LogP contribution in [-0.4, -0.2) is 29.0 Å². The summed E-state index contributed by atoms with van der Waals surface area (Å²) in [6, 6.07) is 14.7. The summed E-state index contributed by atoms with van der Waals surface area (Å²) in [6.45, 7) is 1.92. The number of aromatic nitrogens is 2. The molecule has 1 aromatic carbocycles. The van der Waals surface area contributed by atoms with E-state index in [0.29, 0.717) is 18.0 Å². The second-order valence-corrected chi connectivity index (χ2v) is 6.25. The van der Waals surface area contributed by atoms with Crippen LogP contribution in [0.2, 0.25) is 0 Å². The number of carbonyl (C=O) groups is 1. The Bertz CT molecular complexity index is 928. The van der Waals surface area contributed by atoms with Gasteiger partial charge in [-0.3, -0.25) is 9.78 Å². The Morgan fingerprint density at radius 2 is 1.93 bits per heavy atom. The smallest absolute Gasteiger partial charge is 0.241 e. The molecule has 0 saturated carbocycles. The number of nitrogens with one attached hydrogen (secondary N) is 1. The fourth-order valence-corrected chi connectivity index (χ4v) is 2.77. The van der Waals surface area contributed by atoms with Crippen LogP contribution in [0.4, 0.5) is 5.69 Å². The van der Waals surface area contributed by atoms with Crippen molar-refractivity contribution in [3.63, 3.8) is 0 Å². The topological polar surface area (TPSA) is 90.1 Å². The highest BCUT2D eigenvalue weighted by Gasteiger charge is 2.17. The van der Waals surface area contributed by atoms with E-state index >= 15 is 0 Å². The molecule has 0 fully saturated rings. The van der Waals surface area contributed by atoms with Crippen LogP contribution in [0.5, 0.6) is 5.88 Å². The number of nitrogens with zero attached hydrogens (tertiary/aromatic N) is 2. The van der Waals surface area contributed by atoms with Gasteiger partial charge < -0.3 is 15.8 Å². The molecular formula is C21H22N4O2. The van der Waals surface area contributed by atoms with E-state index in [1.54, 1.807) is 12.4 Å². The Morgan fingerprint density at radius 3 is 2.63 bits per heavy atom. The van der Waals surface area contributed by atoms with Crippen LogP contribution in [0, 0.1) is 6.92 Å². The van der Waals surface area contributed by atoms with Gasteiger partial charge in [0.1, 0.15) is 5.69 Å². The lowest BCUT2D eigenvalue weighted by molar-refractivity contribution is -0.117. The molecule has 0 saturated heterocycles. The molecule has 3 aromatic rings. The van der Waals surface area contributed by atoms with Crippen molar-refractivity contribution >= 4 is 11.6 Å². The molecular weight excluding hydrogens is 340 g/mol. The Balaban J connectivity index is 1.80. The van der Waals surface area contributed by atoms with Crippen molar-refractivity contribution in [3.05, 3.63) is 72.2 Å². The summed E-state index contributed by atoms with van der Waals surface area (Å²) in [4.78, 5) is 21.1. The Labute approximate surface area is 158 Å². The van der Waals surface area contributed by atoms with Crippen LogP contribution in [0.1, 0.15) is 11.3 Å². The molecule has 2 aromatic heterocycles. The summed E-state index contributed by atoms with van der Waals surface area (Å²) < 4.78 is 5.28. The predicted molar refractivity (Wildman–Crippen MR) is 106 cm³/mol. The van der Waals surface area contributed by atoms with Gasteiger partial charge in [0, 0.05) is 23.7 Å². The normalized spacial score (nSPS) is 11.7. The highest BCUT2D eigenvalue weighted by Crippen LogP contribution is 2.28. The van der Waals surface area contributed by atoms with Gasteiger partial charge in [-0.1, -0.05) is 30.3 Å². The van der Waals surface area contributed by atoms with Crippen LogP contribution in [-0.2, 0) is 11.2 Å². The Hall–Kier alpha value is -3.25. The number of pyridine rings is 2. The number of nitrogens with two attached hydrogens (primary N) is 1. The predicted octanol–water partition coefficient (Wildman–Crippen LogP) is 2.97. The number of anilines is 1. The first-order valence-electron chi connectivity index (χ1n) is 8.64. The zero-order valence-electron chi connectivity index (χ0n) is 15.3. The van der Waals surface area contributed by atoms with Crippen molar-refractivity contribution in [2.75, 3.05) is 12.4 Å². The van der Waals surface area contributed by atoms with Gasteiger partial charge in [0.15, 0.2) is 0 Å². The zero-order valence-corrected chi connectivity index (χ0v) is 15.3. The third-order valence-electron chi connectivity index (χ3n) is 4.17. The fraction of sp³-hybridized carbons (Fsp3) is 0.190. The maximum Gasteiger partial charge on any atom is 0.241 e. The lowest BCUT2D eigenvalue weighted by atomic mass is 10.1. The van der Waals surface area contributed by atoms with Crippen LogP contribution in [0.15, 0.2) is 60.9 Å². The standard InChI is InChI=1S/C21H22N4O2/c1-14-10-16(8-9-23-14)17-12-19(21(27-2)24-13-17)25-20(26)18(22)11-15-6-4-3-5-7-15/h3-10,12-13,18H,11,22H2,1-2H3,(H,25,26). The summed E-state index contributed by atoms with van der Waals surface area (Å²) in [5.74, 6) is 0.0480. The summed E-state index contributed by atoms with van der Waals surface area (Å²) in [6.07, 6.45) is 3.89. The van der Waals surface area contributed by atoms with Gasteiger partial charge in [-0.05, 0) is 42.7 Å². The van der Waals surface area contributed by atoms with Crippen LogP contribution >= 0.6 is 0 Å². The van der Waals surface area contributed by atoms with Crippen molar-refractivity contribution in [1.29, 1.82) is 0 Å². The summed E-state index contributed by atoms with van der Waals surface area (Å²) in [5.41, 5.74) is 10.3. The number of amides is 1. The largest absolute Gasteiger partial charge is 0.480 e. The first-order valence-corrected chi connectivity index (χ1v) is 8.64. The van der Waals surface area contributed by atoms with Crippen LogP contribution in [0.25, 0.3) is 11.1 Å². The van der Waals surface area contributed by atoms with E-state index < -0.39 is 6.04 Å². The summed E-state index contributed by atoms with van der Waals surface area (Å²) in [7, 11) is 1.51. The SMILES string of the molecule is COc1ncc(-c2ccnc(C)c2)cc1NC(=O)C(N)Cc1ccccc1. The average molecular weight is 362 g/mol. The molecule has 1 atom stereocenters. The zero-order chi connectivity index (χ0) is 19.2. The van der Waals surface area contributed by atoms with Crippen molar-refractivity contribution in [1.82, 2.24) is 9.97 Å². The molecule has 3 rings (SSSR count). The van der Waals surface area contributed by atoms with Gasteiger partial charge in [-0.25, -0.2) is 4.98 Å². The maximum absolute atomic E-state index is 12.6. The second kappa shape index (κ2) is 8.42. The lowest BCUT2D eigenvalue weighted by Gasteiger charge is -2.15. The monoisotopic (exact) mass is 362 g/mol. The number of carbonyl (C=O) groups excluding carboxylic acids is 1. The maximum atomic E-state index is 12.6. The molecule has 6 heteroatoms. The molecule has 3 N–H and O–H groups in total. The second-order valence-electron chi connectivity index (χ2n) is 6.25. The number of aryl methyl sites for hydroxylation is 1. The van der Waals surface area contributed by atoms with E-state index in [9.17, 15) is 4.79 Å². The Morgan fingerprint density at radius 1 is 1.15 bits per heavy atom. The van der Waals surface area contributed by atoms with Gasteiger partial charge in [-0.15, -0.1) is 0 Å². The molecule has 138 valence electrons. The van der Waals surface area contributed by atoms with Crippen molar-refractivity contribution < 1.29 is 9.53 Å². The van der Waals surface area contributed by atoms with Crippen molar-refractivity contribution in [2.45, 2.75) is 19.4 Å². The molecule has 6 nitrogen and oxygen atoms in total. The lowest BCUT2D eigenvalue weighted by Crippen LogP contribution is -2.37. The first-order chi connectivity index (χ1) is 13.1. The minimum atomic E-state index is -0.677.